The van der Waals surface area contributed by atoms with E-state index in [-0.39, 0.29) is 75.3 Å². The molecule has 0 saturated heterocycles. The molecule has 0 aliphatic rings. The summed E-state index contributed by atoms with van der Waals surface area (Å²) in [6.45, 7) is 9.24. The van der Waals surface area contributed by atoms with Crippen LogP contribution in [0, 0.1) is 0 Å². The van der Waals surface area contributed by atoms with Crippen molar-refractivity contribution in [2.45, 2.75) is 346 Å². The number of unbranched alkanes of at least 4 members (excludes halogenated alkanes) is 40. The summed E-state index contributed by atoms with van der Waals surface area (Å²) in [6.07, 6.45) is 72.8. The molecule has 14 nitrogen and oxygen atoms in total. The Labute approximate surface area is 620 Å². The smallest absolute Gasteiger partial charge is 0.744 e. The molecule has 0 aliphatic heterocycles. The van der Waals surface area contributed by atoms with E-state index in [4.69, 9.17) is 18.9 Å². The fraction of sp³-hybridized carbons (Fsp3) is 0.700. The number of carbonyl (C=O) groups excluding carboxylic acids is 4. The molecule has 0 unspecified atom stereocenters. The standard InChI is InChI=1S/2C40H66O7S.Ca/c2*1-3-5-7-9-11-13-15-17-19-21-23-25-27-29-34-46-39(41)36-32-31-33-37(48(43,44)45)38(36)40(42)47-35-30-28-26-24-22-20-18-16-14-12-10-8-6-4-2;/h2*23-26,31-33H,3-22,27-30,34-35H2,1-2H3,(H,43,44,45);/q;;+2/p-2/b2*25-23+,26-24+;. The summed E-state index contributed by atoms with van der Waals surface area (Å²) in [5, 5.41) is 0. The van der Waals surface area contributed by atoms with Gasteiger partial charge in [0.1, 0.15) is 20.2 Å². The van der Waals surface area contributed by atoms with Crippen molar-refractivity contribution in [1.29, 1.82) is 0 Å². The van der Waals surface area contributed by atoms with E-state index in [0.29, 0.717) is 38.5 Å². The number of allylic oxidation sites excluding steroid dienone is 8. The van der Waals surface area contributed by atoms with Crippen molar-refractivity contribution < 1.29 is 64.1 Å². The molecule has 0 aliphatic carbocycles. The minimum atomic E-state index is -5.02. The minimum Gasteiger partial charge on any atom is -0.744 e. The minimum absolute atomic E-state index is 0. The predicted molar refractivity (Wildman–Crippen MR) is 397 cm³/mol. The molecule has 0 heterocycles. The van der Waals surface area contributed by atoms with Crippen LogP contribution in [-0.4, -0.2) is 114 Å². The molecule has 0 spiro atoms. The van der Waals surface area contributed by atoms with Gasteiger partial charge < -0.3 is 28.1 Å². The molecular formula is C80H130CaO14S2. The second-order valence-corrected chi connectivity index (χ2v) is 28.4. The Bertz CT molecular complexity index is 2470. The first-order chi connectivity index (χ1) is 46.6. The average molecular weight is 1420 g/mol. The monoisotopic (exact) mass is 1420 g/mol. The molecule has 0 aromatic heterocycles. The third-order valence-corrected chi connectivity index (χ3v) is 18.8. The van der Waals surface area contributed by atoms with Gasteiger partial charge in [0.05, 0.1) is 58.5 Å². The summed E-state index contributed by atoms with van der Waals surface area (Å²) in [5.41, 5.74) is -1.67. The van der Waals surface area contributed by atoms with Crippen LogP contribution in [0.1, 0.15) is 377 Å². The van der Waals surface area contributed by atoms with Crippen LogP contribution < -0.4 is 0 Å². The zero-order valence-electron chi connectivity index (χ0n) is 61.1. The van der Waals surface area contributed by atoms with Gasteiger partial charge in [-0.2, -0.15) is 0 Å². The van der Waals surface area contributed by atoms with Crippen LogP contribution in [0.3, 0.4) is 0 Å². The number of carbonyl (C=O) groups is 4. The average Bonchev–Trinajstić information content (AvgIpc) is 0.804. The van der Waals surface area contributed by atoms with Crippen molar-refractivity contribution in [2.75, 3.05) is 26.4 Å². The molecule has 2 aromatic carbocycles. The Morgan fingerprint density at radius 3 is 0.680 bits per heavy atom. The maximum atomic E-state index is 12.9. The molecule has 0 fully saturated rings. The second-order valence-electron chi connectivity index (χ2n) is 25.7. The molecule has 0 bridgehead atoms. The van der Waals surface area contributed by atoms with Gasteiger partial charge in [0.15, 0.2) is 0 Å². The van der Waals surface area contributed by atoms with Gasteiger partial charge in [-0.3, -0.25) is 0 Å². The number of rotatable bonds is 62. The Morgan fingerprint density at radius 1 is 0.289 bits per heavy atom. The van der Waals surface area contributed by atoms with E-state index in [2.05, 4.69) is 76.3 Å². The summed E-state index contributed by atoms with van der Waals surface area (Å²) in [7, 11) is -10.0. The van der Waals surface area contributed by atoms with Crippen LogP contribution >= 0.6 is 0 Å². The Morgan fingerprint density at radius 2 is 0.474 bits per heavy atom. The topological polar surface area (TPSA) is 220 Å². The summed E-state index contributed by atoms with van der Waals surface area (Å²) in [6, 6.07) is 7.12. The van der Waals surface area contributed by atoms with Gasteiger partial charge in [-0.1, -0.05) is 294 Å². The molecule has 0 atom stereocenters. The van der Waals surface area contributed by atoms with Crippen LogP contribution in [0.25, 0.3) is 0 Å². The van der Waals surface area contributed by atoms with Crippen LogP contribution in [0.2, 0.25) is 0 Å². The molecule has 0 radical (unpaired) electrons. The van der Waals surface area contributed by atoms with Crippen LogP contribution in [0.15, 0.2) is 94.8 Å². The van der Waals surface area contributed by atoms with Gasteiger partial charge in [0, 0.05) is 0 Å². The van der Waals surface area contributed by atoms with E-state index in [1.54, 1.807) is 0 Å². The second kappa shape index (κ2) is 65.7. The van der Waals surface area contributed by atoms with Gasteiger partial charge in [-0.05, 0) is 127 Å². The van der Waals surface area contributed by atoms with Gasteiger partial charge >= 0.3 is 61.6 Å². The third-order valence-electron chi connectivity index (χ3n) is 17.0. The van der Waals surface area contributed by atoms with Crippen molar-refractivity contribution in [2.24, 2.45) is 0 Å². The number of esters is 4. The van der Waals surface area contributed by atoms with Gasteiger partial charge in [0.2, 0.25) is 0 Å². The van der Waals surface area contributed by atoms with E-state index in [1.165, 1.54) is 243 Å². The van der Waals surface area contributed by atoms with E-state index in [0.717, 1.165) is 63.5 Å². The fourth-order valence-electron chi connectivity index (χ4n) is 11.2. The number of hydrogen-bond donors (Lipinski definition) is 0. The van der Waals surface area contributed by atoms with E-state index >= 15 is 0 Å². The first kappa shape index (κ1) is 93.4. The largest absolute Gasteiger partial charge is 2.00 e. The Balaban J connectivity index is 0.00000188. The number of benzene rings is 2. The fourth-order valence-corrected chi connectivity index (χ4v) is 12.6. The van der Waals surface area contributed by atoms with E-state index in [1.807, 2.05) is 0 Å². The molecular weight excluding hydrogens is 1290 g/mol. The normalized spacial score (nSPS) is 11.8. The van der Waals surface area contributed by atoms with Crippen LogP contribution in [0.4, 0.5) is 0 Å². The molecule has 0 amide bonds. The summed E-state index contributed by atoms with van der Waals surface area (Å²) < 4.78 is 92.8. The molecule has 0 N–H and O–H groups in total. The number of ether oxygens (including phenoxy) is 4. The van der Waals surface area contributed by atoms with E-state index in [9.17, 15) is 45.1 Å². The zero-order chi connectivity index (χ0) is 70.3. The summed E-state index contributed by atoms with van der Waals surface area (Å²) in [4.78, 5) is 50.0. The SMILES string of the molecule is CCCCCCCCCCC/C=C/CCCOC(=O)c1cccc(S(=O)(=O)[O-])c1C(=O)OCCC/C=C/CCCCCCCCCCC.CCCCCCCCCCC/C=C/CCCOC(=O)c1cccc(S(=O)(=O)[O-])c1C(=O)OCCC/C=C/CCCCCCCCCCC.[Ca+2]. The Hall–Kier alpha value is -3.64. The van der Waals surface area contributed by atoms with Gasteiger partial charge in [-0.15, -0.1) is 0 Å². The van der Waals surface area contributed by atoms with Crippen molar-refractivity contribution in [1.82, 2.24) is 0 Å². The zero-order valence-corrected chi connectivity index (χ0v) is 64.9. The third kappa shape index (κ3) is 52.1. The predicted octanol–water partition coefficient (Wildman–Crippen LogP) is 22.5. The van der Waals surface area contributed by atoms with Crippen LogP contribution in [-0.2, 0) is 39.2 Å². The number of hydrogen-bond acceptors (Lipinski definition) is 14. The molecule has 2 rings (SSSR count). The van der Waals surface area contributed by atoms with Crippen LogP contribution in [0.5, 0.6) is 0 Å². The summed E-state index contributed by atoms with van der Waals surface area (Å²) in [5.74, 6) is -3.75. The maximum absolute atomic E-state index is 12.9. The van der Waals surface area contributed by atoms with Crippen molar-refractivity contribution in [3.05, 3.63) is 107 Å². The van der Waals surface area contributed by atoms with Crippen molar-refractivity contribution >= 4 is 81.9 Å². The molecule has 2 aromatic rings. The molecule has 17 heteroatoms. The van der Waals surface area contributed by atoms with Crippen molar-refractivity contribution in [3.8, 4) is 0 Å². The maximum Gasteiger partial charge on any atom is 2.00 e. The van der Waals surface area contributed by atoms with Gasteiger partial charge in [0.25, 0.3) is 0 Å². The first-order valence-electron chi connectivity index (χ1n) is 38.1. The van der Waals surface area contributed by atoms with Crippen molar-refractivity contribution in [3.63, 3.8) is 0 Å². The molecule has 97 heavy (non-hydrogen) atoms. The Kier molecular flexibility index (Phi) is 63.2. The quantitative estimate of drug-likeness (QED) is 0.0150. The molecule has 0 saturated carbocycles. The van der Waals surface area contributed by atoms with E-state index < -0.39 is 65.0 Å². The first-order valence-corrected chi connectivity index (χ1v) is 40.9. The summed E-state index contributed by atoms with van der Waals surface area (Å²) >= 11 is 0. The van der Waals surface area contributed by atoms with Gasteiger partial charge in [-0.25, -0.2) is 36.0 Å². The molecule has 548 valence electrons.